The van der Waals surface area contributed by atoms with Gasteiger partial charge in [-0.1, -0.05) is 24.1 Å². The Balaban J connectivity index is 2.56. The second kappa shape index (κ2) is 5.82. The molecule has 1 aromatic carbocycles. The van der Waals surface area contributed by atoms with Crippen LogP contribution in [0.3, 0.4) is 0 Å². The van der Waals surface area contributed by atoms with Gasteiger partial charge in [0, 0.05) is 7.05 Å². The minimum absolute atomic E-state index is 0.123. The molecule has 1 rings (SSSR count). The zero-order valence-corrected chi connectivity index (χ0v) is 9.51. The molecule has 0 radical (unpaired) electrons. The highest BCUT2D eigenvalue weighted by Gasteiger charge is 2.18. The van der Waals surface area contributed by atoms with Crippen LogP contribution in [0.5, 0.6) is 5.75 Å². The molecule has 0 saturated heterocycles. The highest BCUT2D eigenvalue weighted by molar-refractivity contribution is 5.80. The Morgan fingerprint density at radius 3 is 2.69 bits per heavy atom. The molecule has 3 nitrogen and oxygen atoms in total. The highest BCUT2D eigenvalue weighted by Crippen LogP contribution is 2.11. The summed E-state index contributed by atoms with van der Waals surface area (Å²) in [5, 5.41) is 0. The quantitative estimate of drug-likeness (QED) is 0.716. The predicted molar refractivity (Wildman–Crippen MR) is 63.0 cm³/mol. The average Bonchev–Trinajstić information content (AvgIpc) is 2.29. The first kappa shape index (κ1) is 12.1. The third kappa shape index (κ3) is 3.32. The zero-order chi connectivity index (χ0) is 12.0. The summed E-state index contributed by atoms with van der Waals surface area (Å²) in [7, 11) is 1.66. The molecule has 0 saturated carbocycles. The number of carbonyl (C=O) groups excluding carboxylic acids is 1. The van der Waals surface area contributed by atoms with E-state index in [4.69, 9.17) is 11.2 Å². The normalized spacial score (nSPS) is 11.3. The van der Waals surface area contributed by atoms with Gasteiger partial charge in [-0.2, -0.15) is 0 Å². The lowest BCUT2D eigenvalue weighted by Crippen LogP contribution is -2.38. The van der Waals surface area contributed by atoms with Crippen molar-refractivity contribution in [2.24, 2.45) is 0 Å². The molecule has 0 heterocycles. The molecule has 0 spiro atoms. The molecule has 0 unspecified atom stereocenters. The number of hydrogen-bond acceptors (Lipinski definition) is 2. The summed E-state index contributed by atoms with van der Waals surface area (Å²) < 4.78 is 5.48. The molecule has 0 N–H and O–H groups in total. The Labute approximate surface area is 96.0 Å². The van der Waals surface area contributed by atoms with Crippen LogP contribution in [0.25, 0.3) is 0 Å². The molecule has 16 heavy (non-hydrogen) atoms. The van der Waals surface area contributed by atoms with Crippen molar-refractivity contribution in [3.8, 4) is 18.1 Å². The van der Waals surface area contributed by atoms with Gasteiger partial charge in [-0.05, 0) is 19.1 Å². The van der Waals surface area contributed by atoms with Gasteiger partial charge in [0.15, 0.2) is 6.10 Å². The van der Waals surface area contributed by atoms with E-state index in [0.717, 1.165) is 0 Å². The van der Waals surface area contributed by atoms with E-state index in [1.54, 1.807) is 14.0 Å². The number of ether oxygens (including phenoxy) is 1. The Morgan fingerprint density at radius 1 is 1.50 bits per heavy atom. The molecule has 1 amide bonds. The topological polar surface area (TPSA) is 29.5 Å². The van der Waals surface area contributed by atoms with Gasteiger partial charge in [-0.3, -0.25) is 4.79 Å². The molecular weight excluding hydrogens is 202 g/mol. The number of carbonyl (C=O) groups is 1. The van der Waals surface area contributed by atoms with Gasteiger partial charge in [0.25, 0.3) is 5.91 Å². The van der Waals surface area contributed by atoms with Crippen LogP contribution >= 0.6 is 0 Å². The van der Waals surface area contributed by atoms with Gasteiger partial charge in [-0.15, -0.1) is 6.42 Å². The fourth-order valence-electron chi connectivity index (χ4n) is 1.28. The van der Waals surface area contributed by atoms with Crippen molar-refractivity contribution in [1.82, 2.24) is 4.90 Å². The van der Waals surface area contributed by atoms with Gasteiger partial charge >= 0.3 is 0 Å². The minimum atomic E-state index is -0.527. The van der Waals surface area contributed by atoms with E-state index >= 15 is 0 Å². The average molecular weight is 217 g/mol. The maximum absolute atomic E-state index is 11.7. The maximum Gasteiger partial charge on any atom is 0.263 e. The number of likely N-dealkylation sites (N-methyl/N-ethyl adjacent to an activating group) is 1. The third-order valence-corrected chi connectivity index (χ3v) is 2.11. The number of benzene rings is 1. The van der Waals surface area contributed by atoms with E-state index < -0.39 is 6.10 Å². The fourth-order valence-corrected chi connectivity index (χ4v) is 1.28. The fraction of sp³-hybridized carbons (Fsp3) is 0.308. The van der Waals surface area contributed by atoms with Gasteiger partial charge < -0.3 is 9.64 Å². The monoisotopic (exact) mass is 217 g/mol. The summed E-state index contributed by atoms with van der Waals surface area (Å²) in [5.41, 5.74) is 0. The number of hydrogen-bond donors (Lipinski definition) is 0. The Morgan fingerprint density at radius 2 is 2.12 bits per heavy atom. The molecule has 1 atom stereocenters. The lowest BCUT2D eigenvalue weighted by atomic mass is 10.3. The van der Waals surface area contributed by atoms with Crippen LogP contribution in [0.4, 0.5) is 0 Å². The summed E-state index contributed by atoms with van der Waals surface area (Å²) in [6.45, 7) is 2.00. The molecule has 0 bridgehead atoms. The Hall–Kier alpha value is -1.95. The molecule has 1 aromatic rings. The summed E-state index contributed by atoms with van der Waals surface area (Å²) in [4.78, 5) is 13.2. The Kier molecular flexibility index (Phi) is 4.41. The van der Waals surface area contributed by atoms with Crippen LogP contribution < -0.4 is 4.74 Å². The van der Waals surface area contributed by atoms with Crippen LogP contribution in [-0.4, -0.2) is 30.5 Å². The summed E-state index contributed by atoms with van der Waals surface area (Å²) in [5.74, 6) is 2.97. The van der Waals surface area contributed by atoms with Gasteiger partial charge in [0.2, 0.25) is 0 Å². The first-order valence-corrected chi connectivity index (χ1v) is 5.05. The van der Waals surface area contributed by atoms with Crippen molar-refractivity contribution in [2.75, 3.05) is 13.6 Å². The lowest BCUT2D eigenvalue weighted by molar-refractivity contribution is -0.135. The van der Waals surface area contributed by atoms with E-state index in [2.05, 4.69) is 5.92 Å². The third-order valence-electron chi connectivity index (χ3n) is 2.11. The van der Waals surface area contributed by atoms with Crippen LogP contribution in [0, 0.1) is 12.3 Å². The van der Waals surface area contributed by atoms with E-state index in [1.807, 2.05) is 30.3 Å². The van der Waals surface area contributed by atoms with Crippen molar-refractivity contribution in [3.63, 3.8) is 0 Å². The van der Waals surface area contributed by atoms with Crippen LogP contribution in [0.15, 0.2) is 30.3 Å². The number of nitrogens with zero attached hydrogens (tertiary/aromatic N) is 1. The van der Waals surface area contributed by atoms with E-state index in [1.165, 1.54) is 4.90 Å². The molecule has 84 valence electrons. The Bertz CT molecular complexity index is 381. The summed E-state index contributed by atoms with van der Waals surface area (Å²) in [6.07, 6.45) is 4.61. The summed E-state index contributed by atoms with van der Waals surface area (Å²) >= 11 is 0. The molecule has 0 aliphatic rings. The number of rotatable bonds is 4. The largest absolute Gasteiger partial charge is 0.481 e. The van der Waals surface area contributed by atoms with Gasteiger partial charge in [0.1, 0.15) is 5.75 Å². The molecule has 0 aliphatic heterocycles. The second-order valence-electron chi connectivity index (χ2n) is 3.47. The predicted octanol–water partition coefficient (Wildman–Crippen LogP) is 1.55. The van der Waals surface area contributed by atoms with Crippen LogP contribution in [0.2, 0.25) is 0 Å². The smallest absolute Gasteiger partial charge is 0.263 e. The molecule has 0 aromatic heterocycles. The lowest BCUT2D eigenvalue weighted by Gasteiger charge is -2.20. The molecular formula is C13H15NO2. The number of para-hydroxylation sites is 1. The van der Waals surface area contributed by atoms with Crippen molar-refractivity contribution in [3.05, 3.63) is 30.3 Å². The van der Waals surface area contributed by atoms with Crippen molar-refractivity contribution >= 4 is 5.91 Å². The van der Waals surface area contributed by atoms with E-state index in [-0.39, 0.29) is 5.91 Å². The SMILES string of the molecule is C#CCN(C)C(=O)[C@H](C)Oc1ccccc1. The molecule has 0 fully saturated rings. The maximum atomic E-state index is 11.7. The first-order chi connectivity index (χ1) is 7.65. The second-order valence-corrected chi connectivity index (χ2v) is 3.47. The van der Waals surface area contributed by atoms with Crippen molar-refractivity contribution < 1.29 is 9.53 Å². The van der Waals surface area contributed by atoms with Crippen LogP contribution in [-0.2, 0) is 4.79 Å². The summed E-state index contributed by atoms with van der Waals surface area (Å²) in [6, 6.07) is 9.23. The molecule has 0 aliphatic carbocycles. The zero-order valence-electron chi connectivity index (χ0n) is 9.51. The van der Waals surface area contributed by atoms with Gasteiger partial charge in [-0.25, -0.2) is 0 Å². The minimum Gasteiger partial charge on any atom is -0.481 e. The highest BCUT2D eigenvalue weighted by atomic mass is 16.5. The van der Waals surface area contributed by atoms with Crippen LogP contribution in [0.1, 0.15) is 6.92 Å². The standard InChI is InChI=1S/C13H15NO2/c1-4-10-14(3)13(15)11(2)16-12-8-6-5-7-9-12/h1,5-9,11H,10H2,2-3H3/t11-/m0/s1. The van der Waals surface area contributed by atoms with E-state index in [9.17, 15) is 4.79 Å². The number of amides is 1. The van der Waals surface area contributed by atoms with E-state index in [0.29, 0.717) is 12.3 Å². The number of terminal acetylenes is 1. The first-order valence-electron chi connectivity index (χ1n) is 5.05. The molecule has 3 heteroatoms. The van der Waals surface area contributed by atoms with Crippen molar-refractivity contribution in [2.45, 2.75) is 13.0 Å². The van der Waals surface area contributed by atoms with Gasteiger partial charge in [0.05, 0.1) is 6.54 Å². The van der Waals surface area contributed by atoms with Crippen molar-refractivity contribution in [1.29, 1.82) is 0 Å².